The molecule has 10 aliphatic rings. The van der Waals surface area contributed by atoms with Crippen molar-refractivity contribution in [3.8, 4) is 5.69 Å². The van der Waals surface area contributed by atoms with E-state index in [1.54, 1.807) is 38.6 Å². The molecule has 1 aromatic heterocycles. The zero-order chi connectivity index (χ0) is 39.5. The van der Waals surface area contributed by atoms with Crippen molar-refractivity contribution in [2.24, 2.45) is 23.7 Å². The van der Waals surface area contributed by atoms with Gasteiger partial charge in [-0.15, -0.1) is 0 Å². The number of fused-ring (bicyclic) bond motifs is 4. The molecule has 4 heteroatoms. The van der Waals surface area contributed by atoms with Crippen molar-refractivity contribution in [1.29, 1.82) is 0 Å². The van der Waals surface area contributed by atoms with E-state index in [9.17, 15) is 0 Å². The number of hydrogen-bond acceptors (Lipinski definition) is 2. The van der Waals surface area contributed by atoms with Crippen LogP contribution < -0.4 is 21.3 Å². The molecule has 2 aliphatic heterocycles. The first-order valence-corrected chi connectivity index (χ1v) is 23.5. The molecule has 5 aromatic rings. The number of rotatable bonds is 1. The van der Waals surface area contributed by atoms with Gasteiger partial charge < -0.3 is 4.90 Å². The Kier molecular flexibility index (Phi) is 6.83. The molecule has 8 aliphatic carbocycles. The summed E-state index contributed by atoms with van der Waals surface area (Å²) in [6, 6.07) is 18.5. The molecule has 4 unspecified atom stereocenters. The number of aromatic nitrogens is 2. The molecule has 3 heterocycles. The monoisotopic (exact) mass is 764 g/mol. The molecule has 0 spiro atoms. The maximum atomic E-state index is 5.91. The minimum absolute atomic E-state index is 0.0263. The second kappa shape index (κ2) is 11.3. The Hall–Kier alpha value is -3.79. The molecule has 296 valence electrons. The summed E-state index contributed by atoms with van der Waals surface area (Å²) in [5.41, 5.74) is 25.2. The zero-order valence-corrected chi connectivity index (χ0v) is 36.7. The van der Waals surface area contributed by atoms with Crippen molar-refractivity contribution in [2.45, 2.75) is 161 Å². The van der Waals surface area contributed by atoms with Gasteiger partial charge in [0.05, 0.1) is 22.6 Å². The molecular weight excluding hydrogens is 701 g/mol. The highest BCUT2D eigenvalue weighted by atomic mass is 15.3. The van der Waals surface area contributed by atoms with Crippen molar-refractivity contribution < 1.29 is 0 Å². The van der Waals surface area contributed by atoms with Crippen LogP contribution in [-0.4, -0.2) is 16.5 Å². The van der Waals surface area contributed by atoms with E-state index in [1.165, 1.54) is 126 Å². The Morgan fingerprint density at radius 2 is 1.09 bits per heavy atom. The molecule has 0 amide bonds. The molecule has 4 fully saturated rings. The number of nitrogens with zero attached hydrogens (tertiary/aromatic N) is 3. The third kappa shape index (κ3) is 4.62. The largest absolute Gasteiger partial charge is 0.311 e. The maximum absolute atomic E-state index is 5.91. The van der Waals surface area contributed by atoms with E-state index in [0.29, 0.717) is 23.7 Å². The van der Waals surface area contributed by atoms with Crippen LogP contribution in [0.25, 0.3) is 16.6 Å². The fourth-order valence-electron chi connectivity index (χ4n) is 15.7. The fraction of sp³-hybridized carbons (Fsp3) is 0.537. The second-order valence-electron chi connectivity index (χ2n) is 23.5. The molecule has 0 N–H and O–H groups in total. The van der Waals surface area contributed by atoms with Crippen molar-refractivity contribution in [3.63, 3.8) is 0 Å². The normalized spacial score (nSPS) is 29.4. The molecule has 4 atom stereocenters. The quantitative estimate of drug-likeness (QED) is 0.155. The Morgan fingerprint density at radius 3 is 1.67 bits per heavy atom. The first kappa shape index (κ1) is 35.0. The molecule has 8 bridgehead atoms. The van der Waals surface area contributed by atoms with Crippen LogP contribution in [0.3, 0.4) is 0 Å². The van der Waals surface area contributed by atoms with Crippen LogP contribution in [-0.2, 0) is 10.8 Å². The van der Waals surface area contributed by atoms with E-state index in [1.807, 2.05) is 0 Å². The molecule has 3 nitrogen and oxygen atoms in total. The van der Waals surface area contributed by atoms with Gasteiger partial charge in [0, 0.05) is 22.2 Å². The van der Waals surface area contributed by atoms with E-state index in [4.69, 9.17) is 5.10 Å². The Morgan fingerprint density at radius 1 is 0.552 bits per heavy atom. The lowest BCUT2D eigenvalue weighted by Gasteiger charge is -2.43. The number of hydrogen-bond donors (Lipinski definition) is 0. The van der Waals surface area contributed by atoms with Crippen LogP contribution in [0, 0.1) is 44.4 Å². The van der Waals surface area contributed by atoms with Crippen LogP contribution in [0.5, 0.6) is 0 Å². The van der Waals surface area contributed by atoms with Crippen molar-refractivity contribution in [2.75, 3.05) is 4.90 Å². The summed E-state index contributed by atoms with van der Waals surface area (Å²) in [6.07, 6.45) is 14.1. The van der Waals surface area contributed by atoms with Crippen molar-refractivity contribution in [1.82, 2.24) is 9.78 Å². The summed E-state index contributed by atoms with van der Waals surface area (Å²) >= 11 is 0. The second-order valence-corrected chi connectivity index (χ2v) is 23.5. The number of benzene rings is 4. The van der Waals surface area contributed by atoms with E-state index < -0.39 is 0 Å². The lowest BCUT2D eigenvalue weighted by Crippen LogP contribution is -2.61. The minimum Gasteiger partial charge on any atom is -0.311 e. The predicted molar refractivity (Wildman–Crippen MR) is 243 cm³/mol. The average molecular weight is 764 g/mol. The smallest absolute Gasteiger partial charge is 0.252 e. The molecule has 15 rings (SSSR count). The first-order valence-electron chi connectivity index (χ1n) is 23.5. The third-order valence-electron chi connectivity index (χ3n) is 17.5. The van der Waals surface area contributed by atoms with Gasteiger partial charge in [0.15, 0.2) is 0 Å². The Balaban J connectivity index is 1.19. The molecule has 0 saturated heterocycles. The zero-order valence-electron chi connectivity index (χ0n) is 36.7. The van der Waals surface area contributed by atoms with E-state index in [2.05, 4.69) is 114 Å². The van der Waals surface area contributed by atoms with Gasteiger partial charge in [-0.25, -0.2) is 4.68 Å². The van der Waals surface area contributed by atoms with Crippen LogP contribution in [0.1, 0.15) is 180 Å². The minimum atomic E-state index is -0.0699. The Bertz CT molecular complexity index is 2610. The lowest BCUT2D eigenvalue weighted by molar-refractivity contribution is 0.166. The summed E-state index contributed by atoms with van der Waals surface area (Å²) in [5, 5.41) is 7.46. The van der Waals surface area contributed by atoms with E-state index in [-0.39, 0.29) is 17.5 Å². The highest BCUT2D eigenvalue weighted by Crippen LogP contribution is 2.60. The standard InChI is InChI=1S/C54H62BN3/c1-27-10-28(2)50(29(3)11-27)57-44-26-40-35-16-30-12-31(17-35)15-34(14-30)39(40)24-42(44)55-43-25-41-36-18-32-13-33(19-36)21-37(20-32)47(41)48-51(43)58(56-52(48)54(7,8)9)46-23-38(53(4,5)6)22-45(57)49(46)55/h10-11,22-26,30-37H,12-21H2,1-9H3. The summed E-state index contributed by atoms with van der Waals surface area (Å²) in [6.45, 7) is 21.7. The van der Waals surface area contributed by atoms with Gasteiger partial charge in [0.25, 0.3) is 6.71 Å². The summed E-state index contributed by atoms with van der Waals surface area (Å²) < 4.78 is 2.51. The summed E-state index contributed by atoms with van der Waals surface area (Å²) in [4.78, 5) is 2.78. The highest BCUT2D eigenvalue weighted by Gasteiger charge is 2.50. The average Bonchev–Trinajstić information content (AvgIpc) is 3.39. The number of aryl methyl sites for hydroxylation is 3. The van der Waals surface area contributed by atoms with Crippen molar-refractivity contribution in [3.05, 3.63) is 92.7 Å². The van der Waals surface area contributed by atoms with Crippen molar-refractivity contribution >= 4 is 51.1 Å². The summed E-state index contributed by atoms with van der Waals surface area (Å²) in [7, 11) is 0. The van der Waals surface area contributed by atoms with Crippen LogP contribution in [0.2, 0.25) is 0 Å². The molecule has 0 radical (unpaired) electrons. The fourth-order valence-corrected chi connectivity index (χ4v) is 15.7. The SMILES string of the molecule is Cc1cc(C)c(N2c3cc4c(cc3B3c5c2cc(C(C)(C)C)cc5-n2nc(C(C)(C)C)c5c6c(cc3c52)C2CC3CC(C2)CC6C3)C2CC3CC(C2)CC4C3)c(C)c1. The van der Waals surface area contributed by atoms with E-state index in [0.717, 1.165) is 23.7 Å². The molecular formula is C54H62BN3. The van der Waals surface area contributed by atoms with Crippen LogP contribution in [0.15, 0.2) is 42.5 Å². The predicted octanol–water partition coefficient (Wildman–Crippen LogP) is 11.9. The van der Waals surface area contributed by atoms with Gasteiger partial charge in [-0.1, -0.05) is 71.4 Å². The Labute approximate surface area is 347 Å². The van der Waals surface area contributed by atoms with Crippen LogP contribution in [0.4, 0.5) is 17.1 Å². The molecule has 4 saturated carbocycles. The lowest BCUT2D eigenvalue weighted by atomic mass is 9.33. The van der Waals surface area contributed by atoms with Gasteiger partial charge in [0.2, 0.25) is 0 Å². The van der Waals surface area contributed by atoms with Gasteiger partial charge in [0.1, 0.15) is 0 Å². The summed E-state index contributed by atoms with van der Waals surface area (Å²) in [5.74, 6) is 6.32. The topological polar surface area (TPSA) is 21.1 Å². The van der Waals surface area contributed by atoms with E-state index >= 15 is 0 Å². The molecule has 4 aromatic carbocycles. The van der Waals surface area contributed by atoms with Gasteiger partial charge >= 0.3 is 0 Å². The van der Waals surface area contributed by atoms with Gasteiger partial charge in [-0.3, -0.25) is 0 Å². The number of anilines is 3. The first-order chi connectivity index (χ1) is 27.7. The van der Waals surface area contributed by atoms with Gasteiger partial charge in [-0.2, -0.15) is 5.10 Å². The van der Waals surface area contributed by atoms with Gasteiger partial charge in [-0.05, 0) is 211 Å². The maximum Gasteiger partial charge on any atom is 0.252 e. The third-order valence-corrected chi connectivity index (χ3v) is 17.5. The van der Waals surface area contributed by atoms with Crippen LogP contribution >= 0.6 is 0 Å². The molecule has 58 heavy (non-hydrogen) atoms. The highest BCUT2D eigenvalue weighted by molar-refractivity contribution is 7.00.